The molecule has 2 fully saturated rings. The molecule has 32 heavy (non-hydrogen) atoms. The van der Waals surface area contributed by atoms with Gasteiger partial charge in [-0.1, -0.05) is 0 Å². The number of benzene rings is 1. The first-order chi connectivity index (χ1) is 15.4. The molecule has 174 valence electrons. The van der Waals surface area contributed by atoms with Crippen molar-refractivity contribution < 1.29 is 27.1 Å². The highest BCUT2D eigenvalue weighted by Gasteiger charge is 2.29. The maximum atomic E-state index is 13.3. The maximum absolute atomic E-state index is 13.3. The average Bonchev–Trinajstić information content (AvgIpc) is 3.32. The summed E-state index contributed by atoms with van der Waals surface area (Å²) in [5.74, 6) is 0.458. The van der Waals surface area contributed by atoms with Crippen molar-refractivity contribution in [1.29, 1.82) is 0 Å². The van der Waals surface area contributed by atoms with E-state index in [-0.39, 0.29) is 16.8 Å². The van der Waals surface area contributed by atoms with Crippen LogP contribution < -0.4 is 10.2 Å². The van der Waals surface area contributed by atoms with E-state index in [2.05, 4.69) is 10.2 Å². The zero-order valence-electron chi connectivity index (χ0n) is 18.2. The Morgan fingerprint density at radius 3 is 2.41 bits per heavy atom. The fraction of sp³-hybridized carbons (Fsp3) is 0.500. The van der Waals surface area contributed by atoms with E-state index in [0.717, 1.165) is 5.76 Å². The van der Waals surface area contributed by atoms with Gasteiger partial charge < -0.3 is 24.1 Å². The lowest BCUT2D eigenvalue weighted by Crippen LogP contribution is -2.41. The molecule has 1 N–H and O–H groups in total. The zero-order chi connectivity index (χ0) is 22.6. The van der Waals surface area contributed by atoms with Gasteiger partial charge in [0, 0.05) is 44.3 Å². The summed E-state index contributed by atoms with van der Waals surface area (Å²) in [4.78, 5) is 15.4. The lowest BCUT2D eigenvalue weighted by molar-refractivity contribution is 0.0730. The van der Waals surface area contributed by atoms with Crippen LogP contribution in [-0.2, 0) is 25.9 Å². The Bertz CT molecular complexity index is 1010. The summed E-state index contributed by atoms with van der Waals surface area (Å²) in [6.45, 7) is 5.61. The van der Waals surface area contributed by atoms with E-state index < -0.39 is 10.0 Å². The third-order valence-electron chi connectivity index (χ3n) is 5.64. The second-order valence-corrected chi connectivity index (χ2v) is 9.89. The van der Waals surface area contributed by atoms with Gasteiger partial charge in [0.05, 0.1) is 43.1 Å². The van der Waals surface area contributed by atoms with Crippen LogP contribution in [0.2, 0.25) is 0 Å². The van der Waals surface area contributed by atoms with Crippen LogP contribution in [0.25, 0.3) is 0 Å². The number of hydrogen-bond acceptors (Lipinski definition) is 7. The van der Waals surface area contributed by atoms with Crippen LogP contribution in [0.3, 0.4) is 0 Å². The summed E-state index contributed by atoms with van der Waals surface area (Å²) in [5.41, 5.74) is 1.05. The standard InChI is InChI=1S/C22H29N3O6S/c1-17(15-18-3-2-10-31-18)23-22(26)20-16-19(32(27,28)25-8-13-30-14-9-25)4-5-21(20)24-6-11-29-12-7-24/h2-5,10,16-17H,6-9,11-15H2,1H3,(H,23,26). The Hall–Kier alpha value is -2.40. The number of amides is 1. The van der Waals surface area contributed by atoms with E-state index in [1.807, 2.05) is 13.0 Å². The number of furan rings is 1. The van der Waals surface area contributed by atoms with Gasteiger partial charge in [-0.15, -0.1) is 0 Å². The van der Waals surface area contributed by atoms with Crippen molar-refractivity contribution in [1.82, 2.24) is 9.62 Å². The van der Waals surface area contributed by atoms with Crippen LogP contribution >= 0.6 is 0 Å². The van der Waals surface area contributed by atoms with Crippen molar-refractivity contribution >= 4 is 21.6 Å². The van der Waals surface area contributed by atoms with Crippen molar-refractivity contribution in [2.45, 2.75) is 24.3 Å². The van der Waals surface area contributed by atoms with Crippen LogP contribution in [0.15, 0.2) is 45.9 Å². The lowest BCUT2D eigenvalue weighted by atomic mass is 10.1. The van der Waals surface area contributed by atoms with E-state index in [0.29, 0.717) is 70.3 Å². The minimum Gasteiger partial charge on any atom is -0.469 e. The summed E-state index contributed by atoms with van der Waals surface area (Å²) in [7, 11) is -3.72. The molecule has 1 amide bonds. The third kappa shape index (κ3) is 5.15. The first kappa shape index (κ1) is 22.8. The average molecular weight is 464 g/mol. The number of morpholine rings is 2. The molecule has 2 aliphatic heterocycles. The Morgan fingerprint density at radius 1 is 1.06 bits per heavy atom. The molecule has 3 heterocycles. The Kier molecular flexibility index (Phi) is 7.14. The summed E-state index contributed by atoms with van der Waals surface area (Å²) < 4.78 is 43.8. The van der Waals surface area contributed by atoms with Crippen LogP contribution in [-0.4, -0.2) is 77.3 Å². The first-order valence-electron chi connectivity index (χ1n) is 10.8. The molecule has 2 aliphatic rings. The van der Waals surface area contributed by atoms with Crippen LogP contribution in [0.4, 0.5) is 5.69 Å². The number of sulfonamides is 1. The molecule has 4 rings (SSSR count). The molecule has 0 bridgehead atoms. The predicted molar refractivity (Wildman–Crippen MR) is 118 cm³/mol. The lowest BCUT2D eigenvalue weighted by Gasteiger charge is -2.31. The molecule has 0 aliphatic carbocycles. The van der Waals surface area contributed by atoms with Gasteiger partial charge in [-0.05, 0) is 37.3 Å². The zero-order valence-corrected chi connectivity index (χ0v) is 19.0. The van der Waals surface area contributed by atoms with Crippen molar-refractivity contribution in [3.8, 4) is 0 Å². The van der Waals surface area contributed by atoms with Gasteiger partial charge in [0.2, 0.25) is 10.0 Å². The van der Waals surface area contributed by atoms with E-state index in [4.69, 9.17) is 13.9 Å². The molecule has 9 nitrogen and oxygen atoms in total. The monoisotopic (exact) mass is 463 g/mol. The molecule has 0 spiro atoms. The van der Waals surface area contributed by atoms with E-state index in [9.17, 15) is 13.2 Å². The second-order valence-electron chi connectivity index (χ2n) is 7.95. The molecule has 2 saturated heterocycles. The topological polar surface area (TPSA) is 101 Å². The van der Waals surface area contributed by atoms with Crippen molar-refractivity contribution in [3.63, 3.8) is 0 Å². The molecule has 2 aromatic rings. The molecular formula is C22H29N3O6S. The van der Waals surface area contributed by atoms with Gasteiger partial charge in [0.25, 0.3) is 5.91 Å². The van der Waals surface area contributed by atoms with Gasteiger partial charge >= 0.3 is 0 Å². The minimum absolute atomic E-state index is 0.111. The summed E-state index contributed by atoms with van der Waals surface area (Å²) >= 11 is 0. The van der Waals surface area contributed by atoms with Gasteiger partial charge in [0.1, 0.15) is 5.76 Å². The molecular weight excluding hydrogens is 434 g/mol. The van der Waals surface area contributed by atoms with Crippen molar-refractivity contribution in [3.05, 3.63) is 47.9 Å². The minimum atomic E-state index is -3.72. The van der Waals surface area contributed by atoms with Crippen LogP contribution in [0.1, 0.15) is 23.0 Å². The Balaban J connectivity index is 1.62. The fourth-order valence-electron chi connectivity index (χ4n) is 3.96. The number of nitrogens with one attached hydrogen (secondary N) is 1. The summed E-state index contributed by atoms with van der Waals surface area (Å²) in [6.07, 6.45) is 2.14. The molecule has 1 unspecified atom stereocenters. The van der Waals surface area contributed by atoms with Gasteiger partial charge in [-0.2, -0.15) is 4.31 Å². The second kappa shape index (κ2) is 10.0. The molecule has 1 aromatic heterocycles. The normalized spacial score (nSPS) is 19.0. The first-order valence-corrected chi connectivity index (χ1v) is 12.3. The largest absolute Gasteiger partial charge is 0.469 e. The molecule has 1 aromatic carbocycles. The molecule has 1 atom stereocenters. The molecule has 10 heteroatoms. The van der Waals surface area contributed by atoms with Crippen LogP contribution in [0, 0.1) is 0 Å². The van der Waals surface area contributed by atoms with Gasteiger partial charge in [-0.25, -0.2) is 8.42 Å². The van der Waals surface area contributed by atoms with Gasteiger partial charge in [0.15, 0.2) is 0 Å². The number of nitrogens with zero attached hydrogens (tertiary/aromatic N) is 2. The highest BCUT2D eigenvalue weighted by Crippen LogP contribution is 2.27. The van der Waals surface area contributed by atoms with E-state index in [1.165, 1.54) is 10.4 Å². The van der Waals surface area contributed by atoms with E-state index in [1.54, 1.807) is 24.5 Å². The quantitative estimate of drug-likeness (QED) is 0.664. The summed E-state index contributed by atoms with van der Waals surface area (Å²) in [6, 6.07) is 8.27. The smallest absolute Gasteiger partial charge is 0.253 e. The highest BCUT2D eigenvalue weighted by atomic mass is 32.2. The number of carbonyl (C=O) groups excluding carboxylic acids is 1. The fourth-order valence-corrected chi connectivity index (χ4v) is 5.39. The Morgan fingerprint density at radius 2 is 1.75 bits per heavy atom. The summed E-state index contributed by atoms with van der Waals surface area (Å²) in [5, 5.41) is 2.99. The van der Waals surface area contributed by atoms with Crippen LogP contribution in [0.5, 0.6) is 0 Å². The number of hydrogen-bond donors (Lipinski definition) is 1. The van der Waals surface area contributed by atoms with Crippen molar-refractivity contribution in [2.24, 2.45) is 0 Å². The maximum Gasteiger partial charge on any atom is 0.253 e. The third-order valence-corrected chi connectivity index (χ3v) is 7.53. The number of anilines is 1. The predicted octanol–water partition coefficient (Wildman–Crippen LogP) is 1.50. The Labute approximate surface area is 188 Å². The number of carbonyl (C=O) groups is 1. The van der Waals surface area contributed by atoms with E-state index >= 15 is 0 Å². The number of rotatable bonds is 7. The van der Waals surface area contributed by atoms with Gasteiger partial charge in [-0.3, -0.25) is 4.79 Å². The highest BCUT2D eigenvalue weighted by molar-refractivity contribution is 7.89. The SMILES string of the molecule is CC(Cc1ccco1)NC(=O)c1cc(S(=O)(=O)N2CCOCC2)ccc1N1CCOCC1. The number of ether oxygens (including phenoxy) is 2. The molecule has 0 radical (unpaired) electrons. The molecule has 0 saturated carbocycles. The van der Waals surface area contributed by atoms with Crippen molar-refractivity contribution in [2.75, 3.05) is 57.5 Å².